The smallest absolute Gasteiger partial charge is 0.230 e. The molecule has 0 aliphatic heterocycles. The van der Waals surface area contributed by atoms with Crippen LogP contribution in [0.1, 0.15) is 32.3 Å². The SMILES string of the molecule is CC(C)N(C(=O)C1CC1)c1ccc(CN)cc1. The first-order valence-corrected chi connectivity index (χ1v) is 6.25. The molecule has 0 radical (unpaired) electrons. The average Bonchev–Trinajstić information content (AvgIpc) is 3.13. The van der Waals surface area contributed by atoms with Gasteiger partial charge in [-0.3, -0.25) is 4.79 Å². The molecule has 3 nitrogen and oxygen atoms in total. The van der Waals surface area contributed by atoms with E-state index in [9.17, 15) is 4.79 Å². The lowest BCUT2D eigenvalue weighted by Gasteiger charge is -2.27. The quantitative estimate of drug-likeness (QED) is 0.865. The van der Waals surface area contributed by atoms with Crippen LogP contribution in [0.2, 0.25) is 0 Å². The summed E-state index contributed by atoms with van der Waals surface area (Å²) in [6.45, 7) is 4.65. The lowest BCUT2D eigenvalue weighted by molar-refractivity contribution is -0.120. The van der Waals surface area contributed by atoms with Gasteiger partial charge in [-0.05, 0) is 44.4 Å². The fourth-order valence-corrected chi connectivity index (χ4v) is 2.00. The van der Waals surface area contributed by atoms with Crippen LogP contribution >= 0.6 is 0 Å². The maximum absolute atomic E-state index is 12.2. The summed E-state index contributed by atoms with van der Waals surface area (Å²) in [6.07, 6.45) is 2.09. The number of carbonyl (C=O) groups is 1. The molecule has 1 aromatic rings. The molecule has 1 aromatic carbocycles. The fourth-order valence-electron chi connectivity index (χ4n) is 2.00. The third kappa shape index (κ3) is 2.67. The summed E-state index contributed by atoms with van der Waals surface area (Å²) in [7, 11) is 0. The van der Waals surface area contributed by atoms with Crippen LogP contribution in [0, 0.1) is 5.92 Å². The van der Waals surface area contributed by atoms with Crippen LogP contribution in [-0.2, 0) is 11.3 Å². The van der Waals surface area contributed by atoms with E-state index in [0.717, 1.165) is 24.1 Å². The Kier molecular flexibility index (Phi) is 3.48. The van der Waals surface area contributed by atoms with Crippen LogP contribution in [0.5, 0.6) is 0 Å². The van der Waals surface area contributed by atoms with Gasteiger partial charge in [0.1, 0.15) is 0 Å². The molecule has 0 aromatic heterocycles. The van der Waals surface area contributed by atoms with Crippen molar-refractivity contribution in [1.82, 2.24) is 0 Å². The van der Waals surface area contributed by atoms with E-state index in [4.69, 9.17) is 5.73 Å². The van der Waals surface area contributed by atoms with E-state index in [1.165, 1.54) is 0 Å². The standard InChI is InChI=1S/C14H20N2O/c1-10(2)16(14(17)12-5-6-12)13-7-3-11(9-15)4-8-13/h3-4,7-8,10,12H,5-6,9,15H2,1-2H3. The molecule has 0 unspecified atom stereocenters. The lowest BCUT2D eigenvalue weighted by atomic mass is 10.1. The second-order valence-electron chi connectivity index (χ2n) is 4.95. The Labute approximate surface area is 103 Å². The van der Waals surface area contributed by atoms with Gasteiger partial charge in [-0.15, -0.1) is 0 Å². The van der Waals surface area contributed by atoms with Crippen LogP contribution in [0.15, 0.2) is 24.3 Å². The lowest BCUT2D eigenvalue weighted by Crippen LogP contribution is -2.38. The molecule has 3 heteroatoms. The maximum atomic E-state index is 12.2. The number of amides is 1. The summed E-state index contributed by atoms with van der Waals surface area (Å²) in [5.74, 6) is 0.520. The van der Waals surface area contributed by atoms with Gasteiger partial charge in [0.2, 0.25) is 5.91 Å². The van der Waals surface area contributed by atoms with Crippen LogP contribution in [0.25, 0.3) is 0 Å². The van der Waals surface area contributed by atoms with Gasteiger partial charge in [0.05, 0.1) is 0 Å². The molecule has 1 aliphatic carbocycles. The second-order valence-corrected chi connectivity index (χ2v) is 4.95. The monoisotopic (exact) mass is 232 g/mol. The summed E-state index contributed by atoms with van der Waals surface area (Å²) in [6, 6.07) is 8.16. The summed E-state index contributed by atoms with van der Waals surface area (Å²) >= 11 is 0. The third-order valence-electron chi connectivity index (χ3n) is 3.13. The molecule has 1 amide bonds. The highest BCUT2D eigenvalue weighted by Gasteiger charge is 2.34. The van der Waals surface area contributed by atoms with Gasteiger partial charge >= 0.3 is 0 Å². The molecule has 0 bridgehead atoms. The molecule has 0 saturated heterocycles. The van der Waals surface area contributed by atoms with E-state index in [2.05, 4.69) is 13.8 Å². The first kappa shape index (κ1) is 12.1. The molecular formula is C14H20N2O. The van der Waals surface area contributed by atoms with Crippen molar-refractivity contribution in [3.63, 3.8) is 0 Å². The third-order valence-corrected chi connectivity index (χ3v) is 3.13. The number of benzene rings is 1. The zero-order chi connectivity index (χ0) is 12.4. The van der Waals surface area contributed by atoms with E-state index in [-0.39, 0.29) is 17.9 Å². The fraction of sp³-hybridized carbons (Fsp3) is 0.500. The molecular weight excluding hydrogens is 212 g/mol. The van der Waals surface area contributed by atoms with Gasteiger partial charge in [-0.2, -0.15) is 0 Å². The Morgan fingerprint density at radius 1 is 1.35 bits per heavy atom. The molecule has 1 saturated carbocycles. The van der Waals surface area contributed by atoms with Gasteiger partial charge in [0.25, 0.3) is 0 Å². The number of rotatable bonds is 4. The topological polar surface area (TPSA) is 46.3 Å². The van der Waals surface area contributed by atoms with Gasteiger partial charge < -0.3 is 10.6 Å². The van der Waals surface area contributed by atoms with Gasteiger partial charge in [0.15, 0.2) is 0 Å². The zero-order valence-corrected chi connectivity index (χ0v) is 10.5. The molecule has 92 valence electrons. The minimum absolute atomic E-state index is 0.201. The first-order chi connectivity index (χ1) is 8.13. The van der Waals surface area contributed by atoms with Crippen molar-refractivity contribution in [2.24, 2.45) is 11.7 Å². The first-order valence-electron chi connectivity index (χ1n) is 6.25. The Bertz CT molecular complexity index is 393. The van der Waals surface area contributed by atoms with E-state index < -0.39 is 0 Å². The van der Waals surface area contributed by atoms with Crippen LogP contribution in [0.4, 0.5) is 5.69 Å². The van der Waals surface area contributed by atoms with Gasteiger partial charge in [-0.1, -0.05) is 12.1 Å². The van der Waals surface area contributed by atoms with E-state index >= 15 is 0 Å². The average molecular weight is 232 g/mol. The van der Waals surface area contributed by atoms with Crippen molar-refractivity contribution in [2.45, 2.75) is 39.3 Å². The number of nitrogens with two attached hydrogens (primary N) is 1. The van der Waals surface area contributed by atoms with Crippen molar-refractivity contribution >= 4 is 11.6 Å². The number of carbonyl (C=O) groups excluding carboxylic acids is 1. The molecule has 17 heavy (non-hydrogen) atoms. The molecule has 1 fully saturated rings. The summed E-state index contributed by atoms with van der Waals surface area (Å²) in [4.78, 5) is 14.1. The highest BCUT2D eigenvalue weighted by Crippen LogP contribution is 2.33. The number of hydrogen-bond donors (Lipinski definition) is 1. The maximum Gasteiger partial charge on any atom is 0.230 e. The minimum Gasteiger partial charge on any atom is -0.326 e. The van der Waals surface area contributed by atoms with Crippen LogP contribution in [-0.4, -0.2) is 11.9 Å². The van der Waals surface area contributed by atoms with Crippen molar-refractivity contribution in [3.05, 3.63) is 29.8 Å². The van der Waals surface area contributed by atoms with Crippen molar-refractivity contribution in [1.29, 1.82) is 0 Å². The number of anilines is 1. The largest absolute Gasteiger partial charge is 0.326 e. The Morgan fingerprint density at radius 3 is 2.35 bits per heavy atom. The summed E-state index contributed by atoms with van der Waals surface area (Å²) in [5, 5.41) is 0. The Balaban J connectivity index is 2.22. The minimum atomic E-state index is 0.201. The predicted molar refractivity (Wildman–Crippen MR) is 69.7 cm³/mol. The summed E-state index contributed by atoms with van der Waals surface area (Å²) in [5.41, 5.74) is 7.65. The predicted octanol–water partition coefficient (Wildman–Crippen LogP) is 2.30. The second kappa shape index (κ2) is 4.88. The van der Waals surface area contributed by atoms with Crippen molar-refractivity contribution in [2.75, 3.05) is 4.90 Å². The van der Waals surface area contributed by atoms with Crippen LogP contribution < -0.4 is 10.6 Å². The van der Waals surface area contributed by atoms with E-state index in [0.29, 0.717) is 6.54 Å². The number of hydrogen-bond acceptors (Lipinski definition) is 2. The molecule has 0 atom stereocenters. The Hall–Kier alpha value is -1.35. The van der Waals surface area contributed by atoms with Crippen molar-refractivity contribution in [3.8, 4) is 0 Å². The highest BCUT2D eigenvalue weighted by molar-refractivity contribution is 5.96. The molecule has 0 heterocycles. The molecule has 0 spiro atoms. The Morgan fingerprint density at radius 2 is 1.94 bits per heavy atom. The van der Waals surface area contributed by atoms with E-state index in [1.807, 2.05) is 29.2 Å². The van der Waals surface area contributed by atoms with Crippen molar-refractivity contribution < 1.29 is 4.79 Å². The molecule has 2 rings (SSSR count). The normalized spacial score (nSPS) is 15.1. The molecule has 2 N–H and O–H groups in total. The van der Waals surface area contributed by atoms with Crippen LogP contribution in [0.3, 0.4) is 0 Å². The zero-order valence-electron chi connectivity index (χ0n) is 10.5. The van der Waals surface area contributed by atoms with E-state index in [1.54, 1.807) is 0 Å². The highest BCUT2D eigenvalue weighted by atomic mass is 16.2. The van der Waals surface area contributed by atoms with Gasteiger partial charge in [0, 0.05) is 24.2 Å². The number of nitrogens with zero attached hydrogens (tertiary/aromatic N) is 1. The summed E-state index contributed by atoms with van der Waals surface area (Å²) < 4.78 is 0. The molecule has 1 aliphatic rings. The van der Waals surface area contributed by atoms with Gasteiger partial charge in [-0.25, -0.2) is 0 Å².